The van der Waals surface area contributed by atoms with Gasteiger partial charge in [-0.05, 0) is 35.7 Å². The second-order valence-corrected chi connectivity index (χ2v) is 7.91. The van der Waals surface area contributed by atoms with Crippen LogP contribution in [0, 0.1) is 0 Å². The van der Waals surface area contributed by atoms with Crippen molar-refractivity contribution in [3.8, 4) is 22.5 Å². The van der Waals surface area contributed by atoms with Crippen molar-refractivity contribution >= 4 is 37.8 Å². The molecule has 0 spiro atoms. The number of carbonyl (C=O) groups is 1. The molecule has 4 aromatic rings. The van der Waals surface area contributed by atoms with Crippen LogP contribution in [0.1, 0.15) is 10.4 Å². The van der Waals surface area contributed by atoms with Crippen molar-refractivity contribution < 1.29 is 18.3 Å². The Morgan fingerprint density at radius 2 is 1.67 bits per heavy atom. The maximum Gasteiger partial charge on any atom is 0.335 e. The predicted molar refractivity (Wildman–Crippen MR) is 99.8 cm³/mol. The fourth-order valence-corrected chi connectivity index (χ4v) is 4.09. The van der Waals surface area contributed by atoms with E-state index in [1.165, 1.54) is 24.3 Å². The molecule has 3 N–H and O–H groups in total. The van der Waals surface area contributed by atoms with Crippen LogP contribution in [0.4, 0.5) is 0 Å². The Morgan fingerprint density at radius 3 is 2.41 bits per heavy atom. The molecule has 0 aliphatic heterocycles. The van der Waals surface area contributed by atoms with E-state index in [0.717, 1.165) is 16.3 Å². The standard InChI is InChI=1S/C19H11N3O4S/c20-27(25,26)11-6-9-2-1-3-12-16(9)13(8-11)18-17(12)22-15-7-10(19(23)24)4-5-14(15)21-18/h1-8H,(H,23,24)(H2,20,25,26). The first-order chi connectivity index (χ1) is 12.8. The molecule has 1 aliphatic rings. The van der Waals surface area contributed by atoms with Gasteiger partial charge in [0.1, 0.15) is 0 Å². The Morgan fingerprint density at radius 1 is 0.926 bits per heavy atom. The fraction of sp³-hybridized carbons (Fsp3) is 0. The zero-order chi connectivity index (χ0) is 18.9. The summed E-state index contributed by atoms with van der Waals surface area (Å²) in [5.74, 6) is -1.04. The van der Waals surface area contributed by atoms with Gasteiger partial charge >= 0.3 is 5.97 Å². The minimum absolute atomic E-state index is 0.0122. The third kappa shape index (κ3) is 2.24. The van der Waals surface area contributed by atoms with Crippen LogP contribution in [0.25, 0.3) is 44.3 Å². The maximum atomic E-state index is 11.9. The Balaban J connectivity index is 1.89. The van der Waals surface area contributed by atoms with E-state index in [0.29, 0.717) is 28.0 Å². The van der Waals surface area contributed by atoms with Gasteiger partial charge in [-0.3, -0.25) is 0 Å². The van der Waals surface area contributed by atoms with Gasteiger partial charge in [-0.25, -0.2) is 28.3 Å². The van der Waals surface area contributed by atoms with Crippen molar-refractivity contribution in [3.63, 3.8) is 0 Å². The Kier molecular flexibility index (Phi) is 2.99. The molecule has 27 heavy (non-hydrogen) atoms. The third-order valence-corrected chi connectivity index (χ3v) is 5.59. The number of aromatic nitrogens is 2. The Labute approximate surface area is 153 Å². The van der Waals surface area contributed by atoms with Crippen molar-refractivity contribution in [2.45, 2.75) is 4.90 Å². The lowest BCUT2D eigenvalue weighted by Crippen LogP contribution is -2.12. The number of benzene rings is 3. The quantitative estimate of drug-likeness (QED) is 0.487. The number of rotatable bonds is 2. The normalized spacial score (nSPS) is 12.5. The molecule has 1 aromatic heterocycles. The first-order valence-electron chi connectivity index (χ1n) is 7.98. The van der Waals surface area contributed by atoms with Crippen LogP contribution in [0.3, 0.4) is 0 Å². The van der Waals surface area contributed by atoms with Gasteiger partial charge in [0.2, 0.25) is 10.0 Å². The molecule has 0 unspecified atom stereocenters. The van der Waals surface area contributed by atoms with E-state index in [4.69, 9.17) is 5.14 Å². The van der Waals surface area contributed by atoms with Crippen LogP contribution in [0.5, 0.6) is 0 Å². The zero-order valence-corrected chi connectivity index (χ0v) is 14.5. The van der Waals surface area contributed by atoms with Gasteiger partial charge in [-0.15, -0.1) is 0 Å². The molecular weight excluding hydrogens is 366 g/mol. The smallest absolute Gasteiger partial charge is 0.335 e. The number of carboxylic acids is 1. The van der Waals surface area contributed by atoms with E-state index in [1.807, 2.05) is 18.2 Å². The monoisotopic (exact) mass is 377 g/mol. The number of hydrogen-bond donors (Lipinski definition) is 2. The van der Waals surface area contributed by atoms with Crippen molar-refractivity contribution in [2.24, 2.45) is 5.14 Å². The molecule has 132 valence electrons. The van der Waals surface area contributed by atoms with Crippen LogP contribution < -0.4 is 5.14 Å². The lowest BCUT2D eigenvalue weighted by molar-refractivity contribution is 0.0697. The van der Waals surface area contributed by atoms with Gasteiger partial charge < -0.3 is 5.11 Å². The summed E-state index contributed by atoms with van der Waals surface area (Å²) >= 11 is 0. The van der Waals surface area contributed by atoms with Crippen molar-refractivity contribution in [3.05, 3.63) is 54.1 Å². The molecule has 0 saturated heterocycles. The van der Waals surface area contributed by atoms with E-state index in [2.05, 4.69) is 9.97 Å². The molecular formula is C19H11N3O4S. The maximum absolute atomic E-state index is 11.9. The molecule has 5 rings (SSSR count). The summed E-state index contributed by atoms with van der Waals surface area (Å²) in [6.07, 6.45) is 0. The summed E-state index contributed by atoms with van der Waals surface area (Å²) in [5.41, 5.74) is 3.75. The first-order valence-corrected chi connectivity index (χ1v) is 9.53. The van der Waals surface area contributed by atoms with Gasteiger partial charge in [0.25, 0.3) is 0 Å². The zero-order valence-electron chi connectivity index (χ0n) is 13.7. The highest BCUT2D eigenvalue weighted by Crippen LogP contribution is 2.46. The number of carboxylic acid groups (broad SMARTS) is 1. The van der Waals surface area contributed by atoms with Crippen LogP contribution >= 0.6 is 0 Å². The number of sulfonamides is 1. The molecule has 8 heteroatoms. The van der Waals surface area contributed by atoms with Crippen LogP contribution in [-0.2, 0) is 10.0 Å². The highest BCUT2D eigenvalue weighted by atomic mass is 32.2. The summed E-state index contributed by atoms with van der Waals surface area (Å²) in [7, 11) is -3.88. The van der Waals surface area contributed by atoms with E-state index < -0.39 is 16.0 Å². The largest absolute Gasteiger partial charge is 0.478 e. The molecule has 7 nitrogen and oxygen atoms in total. The van der Waals surface area contributed by atoms with Gasteiger partial charge in [0.15, 0.2) is 0 Å². The average Bonchev–Trinajstić information content (AvgIpc) is 2.93. The lowest BCUT2D eigenvalue weighted by Gasteiger charge is -2.06. The predicted octanol–water partition coefficient (Wildman–Crippen LogP) is 2.78. The molecule has 0 atom stereocenters. The highest BCUT2D eigenvalue weighted by Gasteiger charge is 2.27. The van der Waals surface area contributed by atoms with Gasteiger partial charge in [0.05, 0.1) is 32.9 Å². The van der Waals surface area contributed by atoms with E-state index in [1.54, 1.807) is 6.07 Å². The number of fused-ring (bicyclic) bond motifs is 4. The van der Waals surface area contributed by atoms with Crippen molar-refractivity contribution in [2.75, 3.05) is 0 Å². The minimum Gasteiger partial charge on any atom is -0.478 e. The molecule has 0 saturated carbocycles. The van der Waals surface area contributed by atoms with E-state index in [9.17, 15) is 18.3 Å². The second kappa shape index (κ2) is 5.09. The molecule has 0 radical (unpaired) electrons. The Hall–Kier alpha value is -3.36. The SMILES string of the molecule is NS(=O)(=O)c1cc2c3c(cccc3c1)-c1nc3cc(C(=O)O)ccc3nc1-2. The summed E-state index contributed by atoms with van der Waals surface area (Å²) < 4.78 is 23.7. The summed E-state index contributed by atoms with van der Waals surface area (Å²) in [6.45, 7) is 0. The number of nitrogens with zero attached hydrogens (tertiary/aromatic N) is 2. The van der Waals surface area contributed by atoms with Gasteiger partial charge in [-0.1, -0.05) is 18.2 Å². The molecule has 0 amide bonds. The van der Waals surface area contributed by atoms with Crippen LogP contribution in [0.15, 0.2) is 53.4 Å². The number of hydrogen-bond acceptors (Lipinski definition) is 5. The molecule has 3 aromatic carbocycles. The first kappa shape index (κ1) is 15.9. The molecule has 1 aliphatic carbocycles. The number of nitrogens with two attached hydrogens (primary N) is 1. The topological polar surface area (TPSA) is 123 Å². The number of primary sulfonamides is 1. The van der Waals surface area contributed by atoms with Gasteiger partial charge in [-0.2, -0.15) is 0 Å². The molecule has 1 heterocycles. The van der Waals surface area contributed by atoms with Crippen LogP contribution in [-0.4, -0.2) is 29.5 Å². The molecule has 0 bridgehead atoms. The van der Waals surface area contributed by atoms with Gasteiger partial charge in [0, 0.05) is 16.5 Å². The fourth-order valence-electron chi connectivity index (χ4n) is 3.51. The van der Waals surface area contributed by atoms with E-state index >= 15 is 0 Å². The third-order valence-electron chi connectivity index (χ3n) is 4.70. The summed E-state index contributed by atoms with van der Waals surface area (Å²) in [4.78, 5) is 20.5. The lowest BCUT2D eigenvalue weighted by atomic mass is 10.0. The van der Waals surface area contributed by atoms with Crippen molar-refractivity contribution in [1.82, 2.24) is 9.97 Å². The van der Waals surface area contributed by atoms with Crippen LogP contribution in [0.2, 0.25) is 0 Å². The highest BCUT2D eigenvalue weighted by molar-refractivity contribution is 7.89. The number of aromatic carboxylic acids is 1. The summed E-state index contributed by atoms with van der Waals surface area (Å²) in [6, 6.07) is 13.1. The second-order valence-electron chi connectivity index (χ2n) is 6.35. The average molecular weight is 377 g/mol. The minimum atomic E-state index is -3.88. The van der Waals surface area contributed by atoms with E-state index in [-0.39, 0.29) is 10.5 Å². The van der Waals surface area contributed by atoms with Crippen molar-refractivity contribution in [1.29, 1.82) is 0 Å². The molecule has 0 fully saturated rings. The summed E-state index contributed by atoms with van der Waals surface area (Å²) in [5, 5.41) is 16.1. The Bertz CT molecular complexity index is 1430.